The van der Waals surface area contributed by atoms with E-state index in [1.54, 1.807) is 0 Å². The lowest BCUT2D eigenvalue weighted by Crippen LogP contribution is -2.56. The lowest BCUT2D eigenvalue weighted by molar-refractivity contribution is -0.152. The van der Waals surface area contributed by atoms with Gasteiger partial charge in [-0.1, -0.05) is 56.3 Å². The maximum absolute atomic E-state index is 13.3. The second-order valence-corrected chi connectivity index (χ2v) is 11.2. The Hall–Kier alpha value is -2.67. The number of rotatable bonds is 4. The van der Waals surface area contributed by atoms with Crippen LogP contribution in [-0.2, 0) is 16.0 Å². The number of ether oxygens (including phenoxy) is 1. The number of piperidine rings is 1. The van der Waals surface area contributed by atoms with Gasteiger partial charge in [-0.25, -0.2) is 0 Å². The Morgan fingerprint density at radius 2 is 1.83 bits per heavy atom. The number of H-pyrrole nitrogens is 1. The van der Waals surface area contributed by atoms with Gasteiger partial charge in [0.15, 0.2) is 0 Å². The fourth-order valence-corrected chi connectivity index (χ4v) is 6.95. The van der Waals surface area contributed by atoms with E-state index in [4.69, 9.17) is 4.74 Å². The van der Waals surface area contributed by atoms with Crippen molar-refractivity contribution in [2.24, 2.45) is 0 Å². The van der Waals surface area contributed by atoms with Crippen LogP contribution in [-0.4, -0.2) is 64.2 Å². The quantitative estimate of drug-likeness (QED) is 0.522. The Balaban J connectivity index is 1.47. The van der Waals surface area contributed by atoms with E-state index in [9.17, 15) is 9.90 Å². The number of nitrogens with zero attached hydrogens (tertiary/aromatic N) is 2. The van der Waals surface area contributed by atoms with Crippen molar-refractivity contribution in [1.82, 2.24) is 14.8 Å². The van der Waals surface area contributed by atoms with Crippen molar-refractivity contribution < 1.29 is 14.6 Å². The Kier molecular flexibility index (Phi) is 6.14. The van der Waals surface area contributed by atoms with Gasteiger partial charge in [0.2, 0.25) is 0 Å². The van der Waals surface area contributed by atoms with Gasteiger partial charge in [-0.3, -0.25) is 14.6 Å². The summed E-state index contributed by atoms with van der Waals surface area (Å²) in [7, 11) is 1.51. The average molecular weight is 488 g/mol. The number of aromatic nitrogens is 1. The molecule has 0 bridgehead atoms. The molecule has 2 N–H and O–H groups in total. The molecule has 3 aliphatic rings. The number of nitrogens with one attached hydrogen (secondary N) is 1. The minimum atomic E-state index is -0.327. The second kappa shape index (κ2) is 9.33. The number of aliphatic hydroxyl groups excluding tert-OH is 1. The highest BCUT2D eigenvalue weighted by Gasteiger charge is 2.49. The summed E-state index contributed by atoms with van der Waals surface area (Å²) in [5.74, 6) is 0.318. The number of fused-ring (bicyclic) bond motifs is 5. The van der Waals surface area contributed by atoms with Gasteiger partial charge >= 0.3 is 5.97 Å². The number of benzene rings is 2. The summed E-state index contributed by atoms with van der Waals surface area (Å²) >= 11 is 0. The summed E-state index contributed by atoms with van der Waals surface area (Å²) in [6, 6.07) is 17.6. The van der Waals surface area contributed by atoms with Crippen LogP contribution < -0.4 is 0 Å². The normalized spacial score (nSPS) is 28.9. The molecule has 5 atom stereocenters. The summed E-state index contributed by atoms with van der Waals surface area (Å²) in [5, 5.41) is 11.5. The van der Waals surface area contributed by atoms with E-state index in [-0.39, 0.29) is 30.2 Å². The Morgan fingerprint density at radius 1 is 1.08 bits per heavy atom. The van der Waals surface area contributed by atoms with E-state index < -0.39 is 0 Å². The van der Waals surface area contributed by atoms with E-state index in [1.165, 1.54) is 34.9 Å². The fraction of sp³-hybridized carbons (Fsp3) is 0.500. The predicted molar refractivity (Wildman–Crippen MR) is 141 cm³/mol. The Morgan fingerprint density at radius 3 is 2.53 bits per heavy atom. The van der Waals surface area contributed by atoms with Crippen molar-refractivity contribution in [2.45, 2.75) is 75.7 Å². The molecule has 190 valence electrons. The maximum Gasteiger partial charge on any atom is 0.323 e. The molecule has 6 nitrogen and oxygen atoms in total. The van der Waals surface area contributed by atoms with Crippen LogP contribution >= 0.6 is 0 Å². The molecular formula is C30H37N3O3. The van der Waals surface area contributed by atoms with Crippen LogP contribution in [0.2, 0.25) is 0 Å². The monoisotopic (exact) mass is 487 g/mol. The van der Waals surface area contributed by atoms with Crippen LogP contribution in [0.5, 0.6) is 0 Å². The molecule has 0 saturated carbocycles. The molecule has 0 aliphatic carbocycles. The third kappa shape index (κ3) is 3.96. The highest BCUT2D eigenvalue weighted by Crippen LogP contribution is 2.50. The van der Waals surface area contributed by atoms with E-state index >= 15 is 0 Å². The van der Waals surface area contributed by atoms with Gasteiger partial charge in [-0.2, -0.15) is 0 Å². The molecule has 36 heavy (non-hydrogen) atoms. The summed E-state index contributed by atoms with van der Waals surface area (Å²) in [6.45, 7) is 6.10. The first-order chi connectivity index (χ1) is 17.4. The zero-order valence-corrected chi connectivity index (χ0v) is 21.5. The van der Waals surface area contributed by atoms with Gasteiger partial charge in [0.05, 0.1) is 19.3 Å². The summed E-state index contributed by atoms with van der Waals surface area (Å²) in [6.07, 6.45) is 3.11. The van der Waals surface area contributed by atoms with Gasteiger partial charge in [0, 0.05) is 48.2 Å². The fourth-order valence-electron chi connectivity index (χ4n) is 6.95. The number of likely N-dealkylation sites (tertiary alicyclic amines) is 1. The van der Waals surface area contributed by atoms with Crippen molar-refractivity contribution in [3.8, 4) is 0 Å². The maximum atomic E-state index is 13.3. The van der Waals surface area contributed by atoms with Crippen LogP contribution in [0, 0.1) is 0 Å². The first-order valence-corrected chi connectivity index (χ1v) is 13.4. The number of carbonyl (C=O) groups excluding carboxylic acids is 1. The van der Waals surface area contributed by atoms with Crippen molar-refractivity contribution in [2.75, 3.05) is 20.2 Å². The van der Waals surface area contributed by atoms with E-state index in [0.717, 1.165) is 37.9 Å². The number of esters is 1. The lowest BCUT2D eigenvalue weighted by Gasteiger charge is -2.52. The molecule has 0 spiro atoms. The van der Waals surface area contributed by atoms with Crippen molar-refractivity contribution >= 4 is 16.9 Å². The molecule has 1 aromatic heterocycles. The number of hydrogen-bond acceptors (Lipinski definition) is 5. The first-order valence-electron chi connectivity index (χ1n) is 13.4. The van der Waals surface area contributed by atoms with Gasteiger partial charge in [-0.15, -0.1) is 0 Å². The van der Waals surface area contributed by atoms with Gasteiger partial charge in [-0.05, 0) is 47.9 Å². The molecule has 0 unspecified atom stereocenters. The number of β-amino-alcohol motifs (C(OH)–C–C–N with tert-alkyl or cyclic N) is 1. The molecule has 6 rings (SSSR count). The lowest BCUT2D eigenvalue weighted by atomic mass is 9.79. The van der Waals surface area contributed by atoms with Crippen LogP contribution in [0.1, 0.15) is 73.5 Å². The topological polar surface area (TPSA) is 68.8 Å². The summed E-state index contributed by atoms with van der Waals surface area (Å²) in [5.41, 5.74) is 6.20. The van der Waals surface area contributed by atoms with Crippen molar-refractivity contribution in [3.63, 3.8) is 0 Å². The van der Waals surface area contributed by atoms with Gasteiger partial charge in [0.1, 0.15) is 6.04 Å². The molecule has 3 aliphatic heterocycles. The molecule has 3 aromatic rings. The summed E-state index contributed by atoms with van der Waals surface area (Å²) < 4.78 is 5.38. The number of methoxy groups -OCH3 is 1. The third-order valence-electron chi connectivity index (χ3n) is 8.82. The standard InChI is InChI=1S/C30H37N3O3/c1-18(2)19-8-10-20(11-9-19)26-14-21(32-13-12-22(34)17-32)15-27-29-24(16-28(33(26)27)30(35)36-3)23-6-4-5-7-25(23)31-29/h4-11,18,21-22,26-28,31,34H,12-17H2,1-3H3/t21-,22+,26-,27+,28-/m0/s1. The average Bonchev–Trinajstić information content (AvgIpc) is 3.51. The van der Waals surface area contributed by atoms with Crippen LogP contribution in [0.15, 0.2) is 48.5 Å². The minimum absolute atomic E-state index is 0.0801. The molecule has 6 heteroatoms. The number of hydrogen-bond donors (Lipinski definition) is 2. The molecule has 2 aromatic carbocycles. The van der Waals surface area contributed by atoms with Gasteiger partial charge in [0.25, 0.3) is 0 Å². The highest BCUT2D eigenvalue weighted by molar-refractivity contribution is 5.87. The van der Waals surface area contributed by atoms with Crippen molar-refractivity contribution in [1.29, 1.82) is 0 Å². The van der Waals surface area contributed by atoms with Gasteiger partial charge < -0.3 is 14.8 Å². The molecule has 2 fully saturated rings. The molecule has 0 radical (unpaired) electrons. The number of aliphatic hydroxyl groups is 1. The van der Waals surface area contributed by atoms with Crippen LogP contribution in [0.25, 0.3) is 10.9 Å². The molecule has 2 saturated heterocycles. The zero-order valence-electron chi connectivity index (χ0n) is 21.5. The molecule has 0 amide bonds. The summed E-state index contributed by atoms with van der Waals surface area (Å²) in [4.78, 5) is 21.9. The minimum Gasteiger partial charge on any atom is -0.468 e. The number of para-hydroxylation sites is 1. The first kappa shape index (κ1) is 23.7. The van der Waals surface area contributed by atoms with E-state index in [0.29, 0.717) is 18.4 Å². The SMILES string of the molecule is COC(=O)[C@@H]1Cc2c([nH]c3ccccc23)[C@H]2C[C@@H](N3CC[C@@H](O)C3)C[C@@H](c3ccc(C(C)C)cc3)N21. The number of carbonyl (C=O) groups is 1. The smallest absolute Gasteiger partial charge is 0.323 e. The molecular weight excluding hydrogens is 450 g/mol. The van der Waals surface area contributed by atoms with Crippen LogP contribution in [0.4, 0.5) is 0 Å². The third-order valence-corrected chi connectivity index (χ3v) is 8.82. The predicted octanol–water partition coefficient (Wildman–Crippen LogP) is 4.70. The molecule has 4 heterocycles. The van der Waals surface area contributed by atoms with Crippen LogP contribution in [0.3, 0.4) is 0 Å². The second-order valence-electron chi connectivity index (χ2n) is 11.2. The Labute approximate surface area is 213 Å². The Bertz CT molecular complexity index is 1250. The van der Waals surface area contributed by atoms with E-state index in [2.05, 4.69) is 77.2 Å². The van der Waals surface area contributed by atoms with Crippen molar-refractivity contribution in [3.05, 3.63) is 70.9 Å². The number of aromatic amines is 1. The highest BCUT2D eigenvalue weighted by atomic mass is 16.5. The largest absolute Gasteiger partial charge is 0.468 e. The zero-order chi connectivity index (χ0) is 25.0. The van der Waals surface area contributed by atoms with E-state index in [1.807, 2.05) is 0 Å².